The van der Waals surface area contributed by atoms with Crippen molar-refractivity contribution in [3.05, 3.63) is 48.5 Å². The summed E-state index contributed by atoms with van der Waals surface area (Å²) in [4.78, 5) is 11.7. The molecule has 0 unspecified atom stereocenters. The van der Waals surface area contributed by atoms with Gasteiger partial charge in [-0.1, -0.05) is 6.07 Å². The second-order valence-electron chi connectivity index (χ2n) is 4.34. The maximum Gasteiger partial charge on any atom is 0.175 e. The van der Waals surface area contributed by atoms with Crippen molar-refractivity contribution in [3.8, 4) is 0 Å². The van der Waals surface area contributed by atoms with Gasteiger partial charge in [-0.05, 0) is 43.4 Å². The molecule has 0 aliphatic rings. The topological polar surface area (TPSA) is 65.6 Å². The van der Waals surface area contributed by atoms with E-state index in [-0.39, 0.29) is 0 Å². The fraction of sp³-hybridized carbons (Fsp3) is 0.0714. The van der Waals surface area contributed by atoms with Crippen LogP contribution in [-0.4, -0.2) is 20.1 Å². The Hall–Kier alpha value is -2.47. The van der Waals surface area contributed by atoms with Gasteiger partial charge in [-0.2, -0.15) is 0 Å². The average Bonchev–Trinajstić information content (AvgIpc) is 2.81. The fourth-order valence-corrected chi connectivity index (χ4v) is 2.21. The lowest BCUT2D eigenvalue weighted by Gasteiger charge is -2.10. The summed E-state index contributed by atoms with van der Waals surface area (Å²) in [7, 11) is 0. The zero-order chi connectivity index (χ0) is 13.9. The molecule has 0 atom stereocenters. The number of aromatic amines is 1. The summed E-state index contributed by atoms with van der Waals surface area (Å²) in [5.74, 6) is 0.875. The van der Waals surface area contributed by atoms with Gasteiger partial charge in [0.2, 0.25) is 0 Å². The number of anilines is 2. The highest BCUT2D eigenvalue weighted by molar-refractivity contribution is 7.80. The standard InChI is InChI=1S/C14H13N5S/c1-9-16-11-5-2-6-12(13(11)17-9)19-14(20)18-10-4-3-7-15-8-10/h2-8H,1H3,(H,16,17)(H2,18,19,20). The predicted molar refractivity (Wildman–Crippen MR) is 84.9 cm³/mol. The number of thiocarbonyl (C=S) groups is 1. The number of aromatic nitrogens is 3. The number of fused-ring (bicyclic) bond motifs is 1. The highest BCUT2D eigenvalue weighted by Crippen LogP contribution is 2.21. The predicted octanol–water partition coefficient (Wildman–Crippen LogP) is 3.08. The lowest BCUT2D eigenvalue weighted by atomic mass is 10.2. The van der Waals surface area contributed by atoms with Crippen molar-refractivity contribution in [2.24, 2.45) is 0 Å². The van der Waals surface area contributed by atoms with E-state index < -0.39 is 0 Å². The summed E-state index contributed by atoms with van der Waals surface area (Å²) in [6, 6.07) is 9.63. The fourth-order valence-electron chi connectivity index (χ4n) is 1.98. The molecule has 2 aromatic heterocycles. The molecular formula is C14H13N5S. The number of rotatable bonds is 2. The maximum absolute atomic E-state index is 5.30. The van der Waals surface area contributed by atoms with E-state index in [1.807, 2.05) is 37.3 Å². The van der Waals surface area contributed by atoms with Crippen LogP contribution in [0.25, 0.3) is 11.0 Å². The number of hydrogen-bond donors (Lipinski definition) is 3. The van der Waals surface area contributed by atoms with E-state index in [2.05, 4.69) is 25.6 Å². The molecule has 1 aromatic carbocycles. The molecule has 2 heterocycles. The molecule has 3 aromatic rings. The molecule has 0 aliphatic carbocycles. The number of nitrogens with zero attached hydrogens (tertiary/aromatic N) is 2. The van der Waals surface area contributed by atoms with E-state index in [9.17, 15) is 0 Å². The summed E-state index contributed by atoms with van der Waals surface area (Å²) in [6.07, 6.45) is 3.43. The quantitative estimate of drug-likeness (QED) is 0.631. The Balaban J connectivity index is 1.81. The van der Waals surface area contributed by atoms with Gasteiger partial charge in [-0.15, -0.1) is 0 Å². The molecule has 0 aliphatic heterocycles. The largest absolute Gasteiger partial charge is 0.342 e. The van der Waals surface area contributed by atoms with Crippen LogP contribution in [-0.2, 0) is 0 Å². The summed E-state index contributed by atoms with van der Waals surface area (Å²) in [5.41, 5.74) is 3.57. The second kappa shape index (κ2) is 5.26. The van der Waals surface area contributed by atoms with Gasteiger partial charge in [0.25, 0.3) is 0 Å². The molecule has 0 saturated carbocycles. The lowest BCUT2D eigenvalue weighted by molar-refractivity contribution is 1.17. The second-order valence-corrected chi connectivity index (χ2v) is 4.75. The van der Waals surface area contributed by atoms with Crippen LogP contribution in [0.5, 0.6) is 0 Å². The van der Waals surface area contributed by atoms with Gasteiger partial charge in [0.05, 0.1) is 23.1 Å². The molecule has 6 heteroatoms. The van der Waals surface area contributed by atoms with E-state index in [1.165, 1.54) is 0 Å². The monoisotopic (exact) mass is 283 g/mol. The van der Waals surface area contributed by atoms with E-state index in [0.29, 0.717) is 5.11 Å². The SMILES string of the molecule is Cc1nc2c(NC(=S)Nc3cccnc3)cccc2[nH]1. The Bertz CT molecular complexity index is 751. The molecule has 0 bridgehead atoms. The van der Waals surface area contributed by atoms with Crippen molar-refractivity contribution in [2.75, 3.05) is 10.6 Å². The number of hydrogen-bond acceptors (Lipinski definition) is 3. The van der Waals surface area contributed by atoms with Crippen molar-refractivity contribution in [1.29, 1.82) is 0 Å². The smallest absolute Gasteiger partial charge is 0.175 e. The third kappa shape index (κ3) is 2.60. The van der Waals surface area contributed by atoms with E-state index in [0.717, 1.165) is 28.2 Å². The molecule has 0 spiro atoms. The van der Waals surface area contributed by atoms with Crippen LogP contribution in [0.3, 0.4) is 0 Å². The first kappa shape index (κ1) is 12.6. The van der Waals surface area contributed by atoms with Crippen molar-refractivity contribution in [2.45, 2.75) is 6.92 Å². The number of para-hydroxylation sites is 1. The zero-order valence-corrected chi connectivity index (χ0v) is 11.7. The zero-order valence-electron chi connectivity index (χ0n) is 10.8. The molecule has 100 valence electrons. The van der Waals surface area contributed by atoms with Gasteiger partial charge in [0.15, 0.2) is 5.11 Å². The van der Waals surface area contributed by atoms with Crippen molar-refractivity contribution >= 4 is 39.7 Å². The van der Waals surface area contributed by atoms with Crippen LogP contribution in [0.15, 0.2) is 42.7 Å². The van der Waals surface area contributed by atoms with Crippen molar-refractivity contribution in [3.63, 3.8) is 0 Å². The Morgan fingerprint density at radius 2 is 2.10 bits per heavy atom. The van der Waals surface area contributed by atoms with Crippen LogP contribution < -0.4 is 10.6 Å². The van der Waals surface area contributed by atoms with Crippen molar-refractivity contribution < 1.29 is 0 Å². The third-order valence-electron chi connectivity index (χ3n) is 2.80. The number of H-pyrrole nitrogens is 1. The minimum absolute atomic E-state index is 0.506. The Morgan fingerprint density at radius 3 is 2.90 bits per heavy atom. The highest BCUT2D eigenvalue weighted by atomic mass is 32.1. The number of nitrogens with one attached hydrogen (secondary N) is 3. The normalized spacial score (nSPS) is 10.4. The molecule has 20 heavy (non-hydrogen) atoms. The minimum Gasteiger partial charge on any atom is -0.342 e. The number of imidazole rings is 1. The Kier molecular flexibility index (Phi) is 3.30. The first-order chi connectivity index (χ1) is 9.72. The first-order valence-electron chi connectivity index (χ1n) is 6.16. The van der Waals surface area contributed by atoms with E-state index in [1.54, 1.807) is 12.4 Å². The summed E-state index contributed by atoms with van der Waals surface area (Å²) >= 11 is 5.30. The Labute approximate surface area is 121 Å². The van der Waals surface area contributed by atoms with Crippen LogP contribution in [0.2, 0.25) is 0 Å². The molecule has 5 nitrogen and oxygen atoms in total. The summed E-state index contributed by atoms with van der Waals surface area (Å²) < 4.78 is 0. The van der Waals surface area contributed by atoms with E-state index >= 15 is 0 Å². The molecule has 0 saturated heterocycles. The number of aryl methyl sites for hydroxylation is 1. The molecule has 0 amide bonds. The summed E-state index contributed by atoms with van der Waals surface area (Å²) in [5, 5.41) is 6.74. The molecule has 3 rings (SSSR count). The average molecular weight is 283 g/mol. The van der Waals surface area contributed by atoms with Gasteiger partial charge in [-0.25, -0.2) is 4.98 Å². The Morgan fingerprint density at radius 1 is 1.20 bits per heavy atom. The maximum atomic E-state index is 5.30. The first-order valence-corrected chi connectivity index (χ1v) is 6.56. The van der Waals surface area contributed by atoms with Gasteiger partial charge in [0.1, 0.15) is 11.3 Å². The minimum atomic E-state index is 0.506. The molecule has 0 radical (unpaired) electrons. The third-order valence-corrected chi connectivity index (χ3v) is 3.00. The number of pyridine rings is 1. The molecular weight excluding hydrogens is 270 g/mol. The van der Waals surface area contributed by atoms with Crippen LogP contribution in [0.1, 0.15) is 5.82 Å². The van der Waals surface area contributed by atoms with Crippen LogP contribution in [0.4, 0.5) is 11.4 Å². The van der Waals surface area contributed by atoms with Gasteiger partial charge < -0.3 is 15.6 Å². The molecule has 0 fully saturated rings. The summed E-state index contributed by atoms with van der Waals surface area (Å²) in [6.45, 7) is 1.93. The van der Waals surface area contributed by atoms with E-state index in [4.69, 9.17) is 12.2 Å². The van der Waals surface area contributed by atoms with Crippen molar-refractivity contribution in [1.82, 2.24) is 15.0 Å². The molecule has 3 N–H and O–H groups in total. The van der Waals surface area contributed by atoms with Gasteiger partial charge >= 0.3 is 0 Å². The van der Waals surface area contributed by atoms with Crippen LogP contribution >= 0.6 is 12.2 Å². The number of benzene rings is 1. The van der Waals surface area contributed by atoms with Gasteiger partial charge in [-0.3, -0.25) is 4.98 Å². The highest BCUT2D eigenvalue weighted by Gasteiger charge is 2.06. The lowest BCUT2D eigenvalue weighted by Crippen LogP contribution is -2.19. The van der Waals surface area contributed by atoms with Gasteiger partial charge in [0, 0.05) is 6.20 Å². The van der Waals surface area contributed by atoms with Crippen LogP contribution in [0, 0.1) is 6.92 Å².